The van der Waals surface area contributed by atoms with Crippen molar-refractivity contribution in [3.63, 3.8) is 0 Å². The maximum absolute atomic E-state index is 5.42. The van der Waals surface area contributed by atoms with Crippen molar-refractivity contribution in [2.45, 2.75) is 0 Å². The fourth-order valence-electron chi connectivity index (χ4n) is 2.00. The Morgan fingerprint density at radius 3 is 1.90 bits per heavy atom. The maximum Gasteiger partial charge on any atom is 0.169 e. The Labute approximate surface area is 125 Å². The minimum Gasteiger partial charge on any atom is -0.496 e. The number of ether oxygens (including phenoxy) is 3. The van der Waals surface area contributed by atoms with Gasteiger partial charge in [-0.3, -0.25) is 0 Å². The second kappa shape index (κ2) is 6.79. The van der Waals surface area contributed by atoms with E-state index in [1.54, 1.807) is 21.3 Å². The molecule has 0 amide bonds. The number of rotatable bonds is 5. The zero-order chi connectivity index (χ0) is 15.2. The van der Waals surface area contributed by atoms with E-state index in [1.807, 2.05) is 60.4 Å². The van der Waals surface area contributed by atoms with Gasteiger partial charge in [-0.2, -0.15) is 0 Å². The Kier molecular flexibility index (Phi) is 4.82. The van der Waals surface area contributed by atoms with Crippen molar-refractivity contribution in [2.24, 2.45) is 7.05 Å². The SMILES string of the molecule is COc1cc(OC)c(/C=C\c2cc[n+](C)cc2)c(OC)c1. The number of aromatic nitrogens is 1. The number of hydrogen-bond donors (Lipinski definition) is 0. The quantitative estimate of drug-likeness (QED) is 0.792. The van der Waals surface area contributed by atoms with Gasteiger partial charge in [0.15, 0.2) is 12.4 Å². The van der Waals surface area contributed by atoms with Crippen molar-refractivity contribution in [1.82, 2.24) is 0 Å². The lowest BCUT2D eigenvalue weighted by Gasteiger charge is -2.12. The fourth-order valence-corrected chi connectivity index (χ4v) is 2.00. The lowest BCUT2D eigenvalue weighted by atomic mass is 10.1. The van der Waals surface area contributed by atoms with Crippen LogP contribution in [0.1, 0.15) is 11.1 Å². The predicted octanol–water partition coefficient (Wildman–Crippen LogP) is 2.71. The molecule has 1 heterocycles. The predicted molar refractivity (Wildman–Crippen MR) is 82.6 cm³/mol. The zero-order valence-corrected chi connectivity index (χ0v) is 12.8. The molecule has 21 heavy (non-hydrogen) atoms. The third-order valence-electron chi connectivity index (χ3n) is 3.20. The number of methoxy groups -OCH3 is 3. The standard InChI is InChI=1S/C17H20NO3/c1-18-9-7-13(8-10-18)5-6-15-16(20-3)11-14(19-2)12-17(15)21-4/h5-12H,1-4H3/q+1/b6-5-. The largest absolute Gasteiger partial charge is 0.496 e. The van der Waals surface area contributed by atoms with E-state index in [2.05, 4.69) is 0 Å². The molecule has 0 aliphatic carbocycles. The van der Waals surface area contributed by atoms with Crippen molar-refractivity contribution in [3.8, 4) is 17.2 Å². The zero-order valence-electron chi connectivity index (χ0n) is 12.8. The number of hydrogen-bond acceptors (Lipinski definition) is 3. The van der Waals surface area contributed by atoms with E-state index < -0.39 is 0 Å². The van der Waals surface area contributed by atoms with Crippen molar-refractivity contribution >= 4 is 12.2 Å². The lowest BCUT2D eigenvalue weighted by molar-refractivity contribution is -0.671. The molecule has 0 aliphatic rings. The van der Waals surface area contributed by atoms with Crippen LogP contribution < -0.4 is 18.8 Å². The van der Waals surface area contributed by atoms with Gasteiger partial charge in [-0.05, 0) is 11.6 Å². The molecule has 0 fully saturated rings. The minimum absolute atomic E-state index is 0.701. The Hall–Kier alpha value is -2.49. The summed E-state index contributed by atoms with van der Waals surface area (Å²) in [6.45, 7) is 0. The average Bonchev–Trinajstić information content (AvgIpc) is 2.53. The van der Waals surface area contributed by atoms with Gasteiger partial charge in [0.25, 0.3) is 0 Å². The molecule has 0 radical (unpaired) electrons. The molecule has 110 valence electrons. The molecule has 1 aromatic heterocycles. The normalized spacial score (nSPS) is 10.7. The summed E-state index contributed by atoms with van der Waals surface area (Å²) in [7, 11) is 6.87. The molecule has 0 saturated heterocycles. The molecule has 0 spiro atoms. The fraction of sp³-hybridized carbons (Fsp3) is 0.235. The van der Waals surface area contributed by atoms with Gasteiger partial charge in [0.1, 0.15) is 24.3 Å². The topological polar surface area (TPSA) is 31.6 Å². The van der Waals surface area contributed by atoms with Crippen LogP contribution in [0.2, 0.25) is 0 Å². The van der Waals surface area contributed by atoms with Crippen LogP contribution in [0, 0.1) is 0 Å². The highest BCUT2D eigenvalue weighted by Gasteiger charge is 2.10. The van der Waals surface area contributed by atoms with Gasteiger partial charge in [0.05, 0.1) is 26.9 Å². The van der Waals surface area contributed by atoms with Crippen LogP contribution in [-0.4, -0.2) is 21.3 Å². The summed E-state index contributed by atoms with van der Waals surface area (Å²) in [6.07, 6.45) is 8.00. The first-order valence-electron chi connectivity index (χ1n) is 6.61. The van der Waals surface area contributed by atoms with Crippen LogP contribution in [0.3, 0.4) is 0 Å². The highest BCUT2D eigenvalue weighted by molar-refractivity contribution is 5.76. The Morgan fingerprint density at radius 2 is 1.43 bits per heavy atom. The summed E-state index contributed by atoms with van der Waals surface area (Å²) in [5.74, 6) is 2.13. The highest BCUT2D eigenvalue weighted by atomic mass is 16.5. The maximum atomic E-state index is 5.42. The molecule has 4 nitrogen and oxygen atoms in total. The van der Waals surface area contributed by atoms with Gasteiger partial charge in [-0.25, -0.2) is 4.57 Å². The van der Waals surface area contributed by atoms with Gasteiger partial charge in [0.2, 0.25) is 0 Å². The third kappa shape index (κ3) is 3.54. The monoisotopic (exact) mass is 286 g/mol. The molecule has 0 saturated carbocycles. The van der Waals surface area contributed by atoms with Gasteiger partial charge < -0.3 is 14.2 Å². The van der Waals surface area contributed by atoms with E-state index in [0.717, 1.165) is 11.1 Å². The molecule has 0 aliphatic heterocycles. The van der Waals surface area contributed by atoms with E-state index in [-0.39, 0.29) is 0 Å². The van der Waals surface area contributed by atoms with E-state index >= 15 is 0 Å². The smallest absolute Gasteiger partial charge is 0.169 e. The average molecular weight is 286 g/mol. The first-order valence-corrected chi connectivity index (χ1v) is 6.61. The minimum atomic E-state index is 0.701. The highest BCUT2D eigenvalue weighted by Crippen LogP contribution is 2.35. The van der Waals surface area contributed by atoms with Gasteiger partial charge >= 0.3 is 0 Å². The molecule has 2 aromatic rings. The van der Waals surface area contributed by atoms with Crippen LogP contribution in [-0.2, 0) is 7.05 Å². The van der Waals surface area contributed by atoms with Crippen molar-refractivity contribution in [3.05, 3.63) is 47.8 Å². The third-order valence-corrected chi connectivity index (χ3v) is 3.20. The molecule has 0 unspecified atom stereocenters. The van der Waals surface area contributed by atoms with E-state index in [1.165, 1.54) is 0 Å². The van der Waals surface area contributed by atoms with Gasteiger partial charge in [0, 0.05) is 24.3 Å². The Bertz CT molecular complexity index is 608. The first kappa shape index (κ1) is 14.9. The molecule has 0 N–H and O–H groups in total. The molecular formula is C17H20NO3+. The molecule has 2 rings (SSSR count). The van der Waals surface area contributed by atoms with E-state index in [0.29, 0.717) is 17.2 Å². The van der Waals surface area contributed by atoms with Crippen LogP contribution in [0.5, 0.6) is 17.2 Å². The van der Waals surface area contributed by atoms with E-state index in [9.17, 15) is 0 Å². The molecular weight excluding hydrogens is 266 g/mol. The number of pyridine rings is 1. The summed E-state index contributed by atoms with van der Waals surface area (Å²) >= 11 is 0. The van der Waals surface area contributed by atoms with Crippen LogP contribution in [0.25, 0.3) is 12.2 Å². The van der Waals surface area contributed by atoms with Crippen LogP contribution in [0.4, 0.5) is 0 Å². The lowest BCUT2D eigenvalue weighted by Crippen LogP contribution is -2.25. The number of benzene rings is 1. The molecule has 0 bridgehead atoms. The first-order chi connectivity index (χ1) is 10.2. The van der Waals surface area contributed by atoms with Crippen molar-refractivity contribution in [1.29, 1.82) is 0 Å². The summed E-state index contributed by atoms with van der Waals surface area (Å²) in [6, 6.07) is 7.76. The van der Waals surface area contributed by atoms with Crippen molar-refractivity contribution < 1.29 is 18.8 Å². The summed E-state index contributed by atoms with van der Waals surface area (Å²) in [5.41, 5.74) is 1.99. The van der Waals surface area contributed by atoms with E-state index in [4.69, 9.17) is 14.2 Å². The summed E-state index contributed by atoms with van der Waals surface area (Å²) in [4.78, 5) is 0. The second-order valence-corrected chi connectivity index (χ2v) is 4.58. The Balaban J connectivity index is 2.40. The summed E-state index contributed by atoms with van der Waals surface area (Å²) in [5, 5.41) is 0. The van der Waals surface area contributed by atoms with Crippen LogP contribution in [0.15, 0.2) is 36.7 Å². The van der Waals surface area contributed by atoms with Crippen molar-refractivity contribution in [2.75, 3.05) is 21.3 Å². The van der Waals surface area contributed by atoms with Gasteiger partial charge in [-0.1, -0.05) is 6.08 Å². The second-order valence-electron chi connectivity index (χ2n) is 4.58. The summed E-state index contributed by atoms with van der Waals surface area (Å²) < 4.78 is 18.1. The Morgan fingerprint density at radius 1 is 0.857 bits per heavy atom. The van der Waals surface area contributed by atoms with Crippen LogP contribution >= 0.6 is 0 Å². The molecule has 4 heteroatoms. The van der Waals surface area contributed by atoms with Gasteiger partial charge in [-0.15, -0.1) is 0 Å². The number of nitrogens with zero attached hydrogens (tertiary/aromatic N) is 1. The molecule has 0 atom stereocenters. The molecule has 1 aromatic carbocycles. The number of aryl methyl sites for hydroxylation is 1.